The first-order valence-electron chi connectivity index (χ1n) is 8.07. The fourth-order valence-corrected chi connectivity index (χ4v) is 2.74. The lowest BCUT2D eigenvalue weighted by molar-refractivity contribution is -0.117. The minimum atomic E-state index is -0.0298. The fraction of sp³-hybridized carbons (Fsp3) is 0.471. The molecule has 0 aliphatic rings. The number of aromatic nitrogens is 3. The number of nitrogens with one attached hydrogen (secondary N) is 1. The van der Waals surface area contributed by atoms with Gasteiger partial charge in [-0.2, -0.15) is 5.10 Å². The molecule has 0 spiro atoms. The number of carbonyl (C=O) groups is 1. The fourth-order valence-electron chi connectivity index (χ4n) is 2.74. The second kappa shape index (κ2) is 8.43. The van der Waals surface area contributed by atoms with E-state index in [1.54, 1.807) is 18.6 Å². The average Bonchev–Trinajstić information content (AvgIpc) is 2.96. The zero-order chi connectivity index (χ0) is 16.7. The molecule has 0 fully saturated rings. The van der Waals surface area contributed by atoms with Gasteiger partial charge in [0.2, 0.25) is 5.91 Å². The van der Waals surface area contributed by atoms with E-state index in [0.29, 0.717) is 6.54 Å². The smallest absolute Gasteiger partial charge is 0.239 e. The Morgan fingerprint density at radius 3 is 2.65 bits per heavy atom. The van der Waals surface area contributed by atoms with Gasteiger partial charge in [-0.1, -0.05) is 13.8 Å². The number of hydrogen-bond acceptors (Lipinski definition) is 4. The molecule has 1 unspecified atom stereocenters. The number of nitrogens with zero attached hydrogens (tertiary/aromatic N) is 4. The van der Waals surface area contributed by atoms with Crippen molar-refractivity contribution in [2.45, 2.75) is 39.3 Å². The van der Waals surface area contributed by atoms with Gasteiger partial charge >= 0.3 is 0 Å². The van der Waals surface area contributed by atoms with Crippen LogP contribution in [-0.2, 0) is 11.3 Å². The van der Waals surface area contributed by atoms with Gasteiger partial charge in [0.1, 0.15) is 5.82 Å². The van der Waals surface area contributed by atoms with Gasteiger partial charge in [0.15, 0.2) is 0 Å². The van der Waals surface area contributed by atoms with Crippen LogP contribution in [0.3, 0.4) is 0 Å². The largest absolute Gasteiger partial charge is 0.310 e. The van der Waals surface area contributed by atoms with E-state index in [4.69, 9.17) is 0 Å². The van der Waals surface area contributed by atoms with Crippen LogP contribution in [0.4, 0.5) is 5.82 Å². The Morgan fingerprint density at radius 2 is 2.00 bits per heavy atom. The van der Waals surface area contributed by atoms with Crippen LogP contribution in [0.15, 0.2) is 36.8 Å². The first-order chi connectivity index (χ1) is 11.2. The number of carbonyl (C=O) groups excluding carboxylic acids is 1. The molecular weight excluding hydrogens is 290 g/mol. The summed E-state index contributed by atoms with van der Waals surface area (Å²) >= 11 is 0. The number of pyridine rings is 1. The minimum Gasteiger partial charge on any atom is -0.310 e. The van der Waals surface area contributed by atoms with E-state index < -0.39 is 0 Å². The van der Waals surface area contributed by atoms with E-state index >= 15 is 0 Å². The molecule has 124 valence electrons. The Kier molecular flexibility index (Phi) is 6.29. The SMILES string of the molecule is CCCn1nccc1NC(=O)CN(C)C(CC)c1ccncc1. The second-order valence-electron chi connectivity index (χ2n) is 5.61. The zero-order valence-electron chi connectivity index (χ0n) is 14.1. The molecule has 0 aliphatic heterocycles. The van der Waals surface area contributed by atoms with E-state index in [0.717, 1.165) is 25.2 Å². The lowest BCUT2D eigenvalue weighted by Crippen LogP contribution is -2.33. The monoisotopic (exact) mass is 315 g/mol. The third-order valence-corrected chi connectivity index (χ3v) is 3.82. The number of aryl methyl sites for hydroxylation is 1. The van der Waals surface area contributed by atoms with Crippen LogP contribution >= 0.6 is 0 Å². The first kappa shape index (κ1) is 17.1. The minimum absolute atomic E-state index is 0.0298. The molecule has 6 nitrogen and oxygen atoms in total. The summed E-state index contributed by atoms with van der Waals surface area (Å²) in [7, 11) is 1.97. The summed E-state index contributed by atoms with van der Waals surface area (Å²) in [5, 5.41) is 7.16. The summed E-state index contributed by atoms with van der Waals surface area (Å²) < 4.78 is 1.82. The van der Waals surface area contributed by atoms with Gasteiger partial charge in [-0.25, -0.2) is 4.68 Å². The van der Waals surface area contributed by atoms with Crippen LogP contribution in [0.2, 0.25) is 0 Å². The van der Waals surface area contributed by atoms with E-state index in [1.807, 2.05) is 29.9 Å². The molecule has 2 aromatic rings. The lowest BCUT2D eigenvalue weighted by Gasteiger charge is -2.26. The first-order valence-corrected chi connectivity index (χ1v) is 8.07. The summed E-state index contributed by atoms with van der Waals surface area (Å²) in [5.74, 6) is 0.722. The van der Waals surface area contributed by atoms with E-state index in [2.05, 4.69) is 34.1 Å². The van der Waals surface area contributed by atoms with Gasteiger partial charge in [-0.15, -0.1) is 0 Å². The maximum atomic E-state index is 12.3. The molecular formula is C17H25N5O. The predicted molar refractivity (Wildman–Crippen MR) is 91.0 cm³/mol. The quantitative estimate of drug-likeness (QED) is 0.813. The Hall–Kier alpha value is -2.21. The van der Waals surface area contributed by atoms with Crippen molar-refractivity contribution in [2.24, 2.45) is 0 Å². The Labute approximate surface area is 137 Å². The normalized spacial score (nSPS) is 12.3. The molecule has 6 heteroatoms. The molecule has 0 aromatic carbocycles. The van der Waals surface area contributed by atoms with Gasteiger partial charge in [-0.05, 0) is 37.6 Å². The highest BCUT2D eigenvalue weighted by atomic mass is 16.2. The molecule has 23 heavy (non-hydrogen) atoms. The maximum Gasteiger partial charge on any atom is 0.239 e. The van der Waals surface area contributed by atoms with Crippen molar-refractivity contribution in [2.75, 3.05) is 18.9 Å². The van der Waals surface area contributed by atoms with Gasteiger partial charge in [-0.3, -0.25) is 14.7 Å². The Bertz CT molecular complexity index is 610. The van der Waals surface area contributed by atoms with Crippen molar-refractivity contribution in [1.29, 1.82) is 0 Å². The van der Waals surface area contributed by atoms with Crippen LogP contribution in [0.1, 0.15) is 38.3 Å². The number of rotatable bonds is 8. The Balaban J connectivity index is 1.97. The second-order valence-corrected chi connectivity index (χ2v) is 5.61. The molecule has 2 heterocycles. The lowest BCUT2D eigenvalue weighted by atomic mass is 10.0. The highest BCUT2D eigenvalue weighted by Gasteiger charge is 2.18. The van der Waals surface area contributed by atoms with Crippen LogP contribution < -0.4 is 5.32 Å². The number of hydrogen-bond donors (Lipinski definition) is 1. The highest BCUT2D eigenvalue weighted by molar-refractivity contribution is 5.91. The maximum absolute atomic E-state index is 12.3. The van der Waals surface area contributed by atoms with Crippen LogP contribution in [0.25, 0.3) is 0 Å². The topological polar surface area (TPSA) is 63.1 Å². The molecule has 1 atom stereocenters. The van der Waals surface area contributed by atoms with Gasteiger partial charge in [0.05, 0.1) is 12.7 Å². The zero-order valence-corrected chi connectivity index (χ0v) is 14.1. The van der Waals surface area contributed by atoms with E-state index in [1.165, 1.54) is 5.56 Å². The van der Waals surface area contributed by atoms with E-state index in [-0.39, 0.29) is 11.9 Å². The van der Waals surface area contributed by atoms with Crippen molar-refractivity contribution < 1.29 is 4.79 Å². The van der Waals surface area contributed by atoms with Crippen molar-refractivity contribution in [3.63, 3.8) is 0 Å². The van der Waals surface area contributed by atoms with Gasteiger partial charge < -0.3 is 5.32 Å². The number of amides is 1. The summed E-state index contributed by atoms with van der Waals surface area (Å²) in [4.78, 5) is 18.4. The standard InChI is InChI=1S/C17H25N5O/c1-4-12-22-16(8-11-19-22)20-17(23)13-21(3)15(5-2)14-6-9-18-10-7-14/h6-11,15H,4-5,12-13H2,1-3H3,(H,20,23). The number of likely N-dealkylation sites (N-methyl/N-ethyl adjacent to an activating group) is 1. The molecule has 2 aromatic heterocycles. The third-order valence-electron chi connectivity index (χ3n) is 3.82. The molecule has 0 bridgehead atoms. The molecule has 1 N–H and O–H groups in total. The van der Waals surface area contributed by atoms with Gasteiger partial charge in [0, 0.05) is 31.0 Å². The summed E-state index contributed by atoms with van der Waals surface area (Å²) in [6, 6.07) is 6.02. The summed E-state index contributed by atoms with van der Waals surface area (Å²) in [6.45, 7) is 5.34. The summed E-state index contributed by atoms with van der Waals surface area (Å²) in [6.07, 6.45) is 7.19. The molecule has 2 rings (SSSR count). The molecule has 1 amide bonds. The molecule has 0 saturated heterocycles. The van der Waals surface area contributed by atoms with Crippen molar-refractivity contribution in [3.8, 4) is 0 Å². The molecule has 0 radical (unpaired) electrons. The van der Waals surface area contributed by atoms with Crippen LogP contribution in [0.5, 0.6) is 0 Å². The Morgan fingerprint density at radius 1 is 1.26 bits per heavy atom. The number of anilines is 1. The molecule has 0 aliphatic carbocycles. The highest BCUT2D eigenvalue weighted by Crippen LogP contribution is 2.21. The van der Waals surface area contributed by atoms with Crippen molar-refractivity contribution in [3.05, 3.63) is 42.4 Å². The average molecular weight is 315 g/mol. The predicted octanol–water partition coefficient (Wildman–Crippen LogP) is 2.71. The van der Waals surface area contributed by atoms with Gasteiger partial charge in [0.25, 0.3) is 0 Å². The third kappa shape index (κ3) is 4.63. The molecule has 0 saturated carbocycles. The van der Waals surface area contributed by atoms with Crippen molar-refractivity contribution >= 4 is 11.7 Å². The van der Waals surface area contributed by atoms with Crippen LogP contribution in [-0.4, -0.2) is 39.2 Å². The van der Waals surface area contributed by atoms with Crippen molar-refractivity contribution in [1.82, 2.24) is 19.7 Å². The summed E-state index contributed by atoms with van der Waals surface area (Å²) in [5.41, 5.74) is 1.17. The van der Waals surface area contributed by atoms with E-state index in [9.17, 15) is 4.79 Å². The van der Waals surface area contributed by atoms with Crippen LogP contribution in [0, 0.1) is 0 Å².